The first-order valence-corrected chi connectivity index (χ1v) is 12.1. The largest absolute Gasteiger partial charge is 0.359 e. The molecular formula is C17H31NO6P2. The fourth-order valence-corrected chi connectivity index (χ4v) is 7.36. The number of rotatable bonds is 13. The topological polar surface area (TPSA) is 83.1 Å². The Labute approximate surface area is 156 Å². The number of nitrogens with one attached hydrogen (secondary N) is 1. The van der Waals surface area contributed by atoms with Crippen LogP contribution in [-0.4, -0.2) is 32.0 Å². The van der Waals surface area contributed by atoms with Gasteiger partial charge in [-0.2, -0.15) is 0 Å². The SMILES string of the molecule is CCOP(=O)(OCC)C(NCc1ccc(C)cc1)P(=O)(OCC)OCC. The summed E-state index contributed by atoms with van der Waals surface area (Å²) in [5.74, 6) is 0. The maximum atomic E-state index is 13.3. The van der Waals surface area contributed by atoms with Crippen LogP contribution < -0.4 is 5.32 Å². The molecule has 0 unspecified atom stereocenters. The quantitative estimate of drug-likeness (QED) is 0.466. The molecule has 9 heteroatoms. The van der Waals surface area contributed by atoms with Gasteiger partial charge in [0.2, 0.25) is 5.52 Å². The van der Waals surface area contributed by atoms with E-state index in [9.17, 15) is 9.13 Å². The second-order valence-corrected chi connectivity index (χ2v) is 10.1. The molecule has 0 aliphatic carbocycles. The molecule has 0 amide bonds. The second-order valence-electron chi connectivity index (χ2n) is 5.49. The Bertz CT molecular complexity index is 572. The van der Waals surface area contributed by atoms with Crippen LogP contribution in [0.3, 0.4) is 0 Å². The summed E-state index contributed by atoms with van der Waals surface area (Å²) in [6.07, 6.45) is 0. The zero-order valence-corrected chi connectivity index (χ0v) is 18.1. The van der Waals surface area contributed by atoms with Crippen molar-refractivity contribution >= 4 is 15.2 Å². The summed E-state index contributed by atoms with van der Waals surface area (Å²) >= 11 is 0. The van der Waals surface area contributed by atoms with E-state index in [1.165, 1.54) is 0 Å². The zero-order chi connectivity index (χ0) is 19.6. The predicted molar refractivity (Wildman–Crippen MR) is 104 cm³/mol. The van der Waals surface area contributed by atoms with E-state index in [0.29, 0.717) is 6.54 Å². The van der Waals surface area contributed by atoms with Crippen molar-refractivity contribution in [3.63, 3.8) is 0 Å². The molecule has 1 N–H and O–H groups in total. The van der Waals surface area contributed by atoms with Crippen LogP contribution in [0.2, 0.25) is 0 Å². The van der Waals surface area contributed by atoms with Gasteiger partial charge in [0.25, 0.3) is 0 Å². The van der Waals surface area contributed by atoms with E-state index in [0.717, 1.165) is 11.1 Å². The number of hydrogen-bond donors (Lipinski definition) is 1. The smallest absolute Gasteiger partial charge is 0.307 e. The lowest BCUT2D eigenvalue weighted by Crippen LogP contribution is -2.32. The normalized spacial score (nSPS) is 12.7. The van der Waals surface area contributed by atoms with Gasteiger partial charge in [0.05, 0.1) is 26.4 Å². The molecule has 1 rings (SSSR count). The summed E-state index contributed by atoms with van der Waals surface area (Å²) in [5.41, 5.74) is 0.865. The van der Waals surface area contributed by atoms with Crippen LogP contribution in [0.5, 0.6) is 0 Å². The fraction of sp³-hybridized carbons (Fsp3) is 0.647. The maximum Gasteiger partial charge on any atom is 0.359 e. The Kier molecular flexibility index (Phi) is 10.3. The van der Waals surface area contributed by atoms with Crippen molar-refractivity contribution in [2.75, 3.05) is 26.4 Å². The van der Waals surface area contributed by atoms with Gasteiger partial charge in [-0.15, -0.1) is 0 Å². The van der Waals surface area contributed by atoms with Crippen LogP contribution in [0.4, 0.5) is 0 Å². The van der Waals surface area contributed by atoms with Gasteiger partial charge in [-0.05, 0) is 40.2 Å². The van der Waals surface area contributed by atoms with Crippen LogP contribution >= 0.6 is 15.2 Å². The minimum absolute atomic E-state index is 0.151. The molecule has 1 aromatic rings. The highest BCUT2D eigenvalue weighted by molar-refractivity contribution is 7.72. The van der Waals surface area contributed by atoms with E-state index in [4.69, 9.17) is 18.1 Å². The standard InChI is InChI=1S/C17H31NO6P2/c1-6-21-25(19,22-7-2)17(26(20,23-8-3)24-9-4)18-14-16-12-10-15(5)11-13-16/h10-13,17-18H,6-9,14H2,1-5H3. The van der Waals surface area contributed by atoms with Crippen LogP contribution in [0.15, 0.2) is 24.3 Å². The molecule has 26 heavy (non-hydrogen) atoms. The van der Waals surface area contributed by atoms with E-state index in [1.807, 2.05) is 31.2 Å². The molecule has 0 radical (unpaired) electrons. The second kappa shape index (κ2) is 11.4. The van der Waals surface area contributed by atoms with Gasteiger partial charge >= 0.3 is 15.2 Å². The first kappa shape index (κ1) is 23.5. The predicted octanol–water partition coefficient (Wildman–Crippen LogP) is 4.90. The van der Waals surface area contributed by atoms with Gasteiger partial charge in [-0.25, -0.2) is 0 Å². The Morgan fingerprint density at radius 3 is 1.54 bits per heavy atom. The highest BCUT2D eigenvalue weighted by Crippen LogP contribution is 2.69. The van der Waals surface area contributed by atoms with Crippen molar-refractivity contribution in [1.29, 1.82) is 0 Å². The molecule has 0 heterocycles. The molecule has 0 bridgehead atoms. The van der Waals surface area contributed by atoms with Gasteiger partial charge in [0.15, 0.2) is 0 Å². The third-order valence-electron chi connectivity index (χ3n) is 3.44. The summed E-state index contributed by atoms with van der Waals surface area (Å²) in [7, 11) is -7.56. The molecule has 0 saturated carbocycles. The maximum absolute atomic E-state index is 13.3. The molecule has 7 nitrogen and oxygen atoms in total. The molecule has 0 aromatic heterocycles. The molecule has 0 fully saturated rings. The number of benzene rings is 1. The van der Waals surface area contributed by atoms with E-state index in [1.54, 1.807) is 27.7 Å². The molecule has 0 aliphatic rings. The molecule has 0 aliphatic heterocycles. The zero-order valence-electron chi connectivity index (χ0n) is 16.3. The van der Waals surface area contributed by atoms with Gasteiger partial charge in [0.1, 0.15) is 0 Å². The minimum Gasteiger partial charge on any atom is -0.307 e. The third kappa shape index (κ3) is 6.58. The fourth-order valence-electron chi connectivity index (χ4n) is 2.39. The Hall–Kier alpha value is -0.520. The highest BCUT2D eigenvalue weighted by atomic mass is 31.2. The number of hydrogen-bond acceptors (Lipinski definition) is 7. The minimum atomic E-state index is -3.78. The molecule has 150 valence electrons. The van der Waals surface area contributed by atoms with E-state index in [-0.39, 0.29) is 26.4 Å². The average Bonchev–Trinajstić information content (AvgIpc) is 2.57. The van der Waals surface area contributed by atoms with Crippen molar-refractivity contribution in [2.24, 2.45) is 0 Å². The van der Waals surface area contributed by atoms with Crippen LogP contribution in [0.25, 0.3) is 0 Å². The van der Waals surface area contributed by atoms with Gasteiger partial charge in [-0.1, -0.05) is 29.8 Å². The molecular weight excluding hydrogens is 376 g/mol. The van der Waals surface area contributed by atoms with Crippen LogP contribution in [0, 0.1) is 6.92 Å². The third-order valence-corrected chi connectivity index (χ3v) is 9.18. The van der Waals surface area contributed by atoms with E-state index >= 15 is 0 Å². The Balaban J connectivity index is 3.19. The summed E-state index contributed by atoms with van der Waals surface area (Å²) in [4.78, 5) is 0. The lowest BCUT2D eigenvalue weighted by Gasteiger charge is -2.31. The summed E-state index contributed by atoms with van der Waals surface area (Å²) in [6, 6.07) is 7.83. The van der Waals surface area contributed by atoms with Crippen molar-refractivity contribution in [3.05, 3.63) is 35.4 Å². The summed E-state index contributed by atoms with van der Waals surface area (Å²) in [5, 5.41) is 3.05. The first-order valence-electron chi connectivity index (χ1n) is 8.91. The van der Waals surface area contributed by atoms with Crippen LogP contribution in [-0.2, 0) is 33.8 Å². The lowest BCUT2D eigenvalue weighted by molar-refractivity contribution is 0.190. The van der Waals surface area contributed by atoms with Crippen molar-refractivity contribution in [1.82, 2.24) is 5.32 Å². The average molecular weight is 407 g/mol. The molecule has 0 atom stereocenters. The molecule has 0 saturated heterocycles. The monoisotopic (exact) mass is 407 g/mol. The Morgan fingerprint density at radius 2 is 1.19 bits per heavy atom. The molecule has 1 aromatic carbocycles. The highest BCUT2D eigenvalue weighted by Gasteiger charge is 2.50. The van der Waals surface area contributed by atoms with Crippen LogP contribution in [0.1, 0.15) is 38.8 Å². The lowest BCUT2D eigenvalue weighted by atomic mass is 10.1. The van der Waals surface area contributed by atoms with Crippen molar-refractivity contribution < 1.29 is 27.2 Å². The summed E-state index contributed by atoms with van der Waals surface area (Å²) in [6.45, 7) is 9.73. The first-order chi connectivity index (χ1) is 12.3. The van der Waals surface area contributed by atoms with E-state index in [2.05, 4.69) is 5.32 Å². The van der Waals surface area contributed by atoms with Gasteiger partial charge < -0.3 is 18.1 Å². The van der Waals surface area contributed by atoms with Gasteiger partial charge in [-0.3, -0.25) is 14.4 Å². The van der Waals surface area contributed by atoms with Crippen molar-refractivity contribution in [2.45, 2.75) is 46.7 Å². The number of aryl methyl sites for hydroxylation is 1. The van der Waals surface area contributed by atoms with Gasteiger partial charge in [0, 0.05) is 6.54 Å². The van der Waals surface area contributed by atoms with E-state index < -0.39 is 20.7 Å². The molecule has 0 spiro atoms. The summed E-state index contributed by atoms with van der Waals surface area (Å²) < 4.78 is 48.4. The van der Waals surface area contributed by atoms with Crippen molar-refractivity contribution in [3.8, 4) is 0 Å². The Morgan fingerprint density at radius 1 is 0.808 bits per heavy atom.